The molecule has 30 heavy (non-hydrogen) atoms. The lowest BCUT2D eigenvalue weighted by atomic mass is 10.1. The minimum Gasteiger partial charge on any atom is -0.377 e. The molecule has 0 atom stereocenters. The van der Waals surface area contributed by atoms with Crippen LogP contribution in [-0.4, -0.2) is 27.9 Å². The Morgan fingerprint density at radius 2 is 1.87 bits per heavy atom. The lowest BCUT2D eigenvalue weighted by Crippen LogP contribution is -2.16. The standard InChI is InChI=1S/C18H16F6N4OS/c19-17(20,21)13-4-1-3-11(7-13)14-10-30-16(27-14)28-15(18(22,23)24)12(8-26-28)9-29-6-2-5-25/h1,3-4,7-8,10H,2,5-6,9,25H2. The van der Waals surface area contributed by atoms with E-state index in [1.54, 1.807) is 0 Å². The van der Waals surface area contributed by atoms with Crippen molar-refractivity contribution in [2.24, 2.45) is 5.73 Å². The summed E-state index contributed by atoms with van der Waals surface area (Å²) in [5, 5.41) is 5.03. The Morgan fingerprint density at radius 1 is 1.10 bits per heavy atom. The molecular formula is C18H16F6N4OS. The molecule has 2 heterocycles. The van der Waals surface area contributed by atoms with Crippen molar-refractivity contribution in [3.05, 3.63) is 52.7 Å². The molecule has 0 radical (unpaired) electrons. The highest BCUT2D eigenvalue weighted by molar-refractivity contribution is 7.12. The highest BCUT2D eigenvalue weighted by atomic mass is 32.1. The summed E-state index contributed by atoms with van der Waals surface area (Å²) in [6.07, 6.45) is -7.73. The zero-order valence-corrected chi connectivity index (χ0v) is 16.1. The number of ether oxygens (including phenoxy) is 1. The topological polar surface area (TPSA) is 66.0 Å². The largest absolute Gasteiger partial charge is 0.433 e. The molecule has 1 aromatic carbocycles. The van der Waals surface area contributed by atoms with Crippen molar-refractivity contribution in [3.8, 4) is 16.4 Å². The van der Waals surface area contributed by atoms with Crippen LogP contribution >= 0.6 is 11.3 Å². The number of hydrogen-bond acceptors (Lipinski definition) is 5. The van der Waals surface area contributed by atoms with Gasteiger partial charge in [-0.15, -0.1) is 11.3 Å². The van der Waals surface area contributed by atoms with E-state index in [1.165, 1.54) is 17.5 Å². The van der Waals surface area contributed by atoms with Crippen molar-refractivity contribution >= 4 is 11.3 Å². The number of alkyl halides is 6. The molecule has 0 aliphatic heterocycles. The van der Waals surface area contributed by atoms with Crippen LogP contribution in [0.2, 0.25) is 0 Å². The molecule has 3 aromatic rings. The summed E-state index contributed by atoms with van der Waals surface area (Å²) in [6.45, 7) is 0.249. The van der Waals surface area contributed by atoms with Crippen molar-refractivity contribution in [2.75, 3.05) is 13.2 Å². The van der Waals surface area contributed by atoms with Gasteiger partial charge < -0.3 is 10.5 Å². The molecule has 0 aliphatic carbocycles. The molecule has 0 saturated carbocycles. The third-order valence-corrected chi connectivity index (χ3v) is 4.84. The second kappa shape index (κ2) is 8.74. The number of nitrogens with zero attached hydrogens (tertiary/aromatic N) is 3. The summed E-state index contributed by atoms with van der Waals surface area (Å²) < 4.78 is 85.5. The predicted octanol–water partition coefficient (Wildman–Crippen LogP) is 4.90. The first kappa shape index (κ1) is 22.2. The molecule has 0 unspecified atom stereocenters. The summed E-state index contributed by atoms with van der Waals surface area (Å²) in [5.41, 5.74) is 3.49. The number of aromatic nitrogens is 3. The monoisotopic (exact) mass is 450 g/mol. The summed E-state index contributed by atoms with van der Waals surface area (Å²) in [7, 11) is 0. The number of nitrogens with two attached hydrogens (primary N) is 1. The van der Waals surface area contributed by atoms with E-state index in [9.17, 15) is 26.3 Å². The Hall–Kier alpha value is -2.44. The molecule has 5 nitrogen and oxygen atoms in total. The van der Waals surface area contributed by atoms with Gasteiger partial charge in [0.2, 0.25) is 5.13 Å². The third-order valence-electron chi connectivity index (χ3n) is 4.02. The van der Waals surface area contributed by atoms with Crippen LogP contribution in [0.25, 0.3) is 16.4 Å². The van der Waals surface area contributed by atoms with Crippen LogP contribution < -0.4 is 5.73 Å². The van der Waals surface area contributed by atoms with Gasteiger partial charge in [0.15, 0.2) is 5.69 Å². The normalized spacial score (nSPS) is 12.5. The third kappa shape index (κ3) is 4.99. The second-order valence-corrected chi connectivity index (χ2v) is 7.05. The van der Waals surface area contributed by atoms with Gasteiger partial charge in [-0.25, -0.2) is 9.67 Å². The van der Waals surface area contributed by atoms with Crippen molar-refractivity contribution in [3.63, 3.8) is 0 Å². The van der Waals surface area contributed by atoms with Crippen molar-refractivity contribution in [1.82, 2.24) is 14.8 Å². The van der Waals surface area contributed by atoms with Crippen molar-refractivity contribution in [1.29, 1.82) is 0 Å². The van der Waals surface area contributed by atoms with E-state index < -0.39 is 23.6 Å². The molecule has 0 amide bonds. The molecule has 0 saturated heterocycles. The van der Waals surface area contributed by atoms with E-state index >= 15 is 0 Å². The van der Waals surface area contributed by atoms with Gasteiger partial charge in [-0.1, -0.05) is 12.1 Å². The number of rotatable bonds is 7. The van der Waals surface area contributed by atoms with Crippen LogP contribution in [0.1, 0.15) is 23.2 Å². The Morgan fingerprint density at radius 3 is 2.53 bits per heavy atom. The molecule has 3 rings (SSSR count). The summed E-state index contributed by atoms with van der Waals surface area (Å²) in [4.78, 5) is 4.07. The number of hydrogen-bond donors (Lipinski definition) is 1. The zero-order chi connectivity index (χ0) is 21.9. The first-order valence-corrected chi connectivity index (χ1v) is 9.54. The number of halogens is 6. The van der Waals surface area contributed by atoms with E-state index in [2.05, 4.69) is 10.1 Å². The minimum atomic E-state index is -4.73. The van der Waals surface area contributed by atoms with Gasteiger partial charge in [0.25, 0.3) is 0 Å². The summed E-state index contributed by atoms with van der Waals surface area (Å²) in [6, 6.07) is 4.41. The van der Waals surface area contributed by atoms with Crippen LogP contribution in [0.3, 0.4) is 0 Å². The fraction of sp³-hybridized carbons (Fsp3) is 0.333. The SMILES string of the molecule is NCCCOCc1cnn(-c2nc(-c3cccc(C(F)(F)F)c3)cs2)c1C(F)(F)F. The van der Waals surface area contributed by atoms with Crippen molar-refractivity contribution < 1.29 is 31.1 Å². The Balaban J connectivity index is 1.92. The average Bonchev–Trinajstić information content (AvgIpc) is 3.31. The maximum atomic E-state index is 13.6. The maximum Gasteiger partial charge on any atom is 0.433 e. The molecule has 0 aliphatic rings. The first-order chi connectivity index (χ1) is 14.1. The van der Waals surface area contributed by atoms with Gasteiger partial charge >= 0.3 is 12.4 Å². The summed E-state index contributed by atoms with van der Waals surface area (Å²) in [5.74, 6) is 0. The molecule has 2 aromatic heterocycles. The maximum absolute atomic E-state index is 13.6. The number of benzene rings is 1. The Bertz CT molecular complexity index is 995. The highest BCUT2D eigenvalue weighted by Crippen LogP contribution is 2.36. The highest BCUT2D eigenvalue weighted by Gasteiger charge is 2.39. The van der Waals surface area contributed by atoms with E-state index in [0.717, 1.165) is 29.7 Å². The van der Waals surface area contributed by atoms with Crippen LogP contribution in [-0.2, 0) is 23.7 Å². The van der Waals surface area contributed by atoms with Crippen molar-refractivity contribution in [2.45, 2.75) is 25.4 Å². The molecule has 12 heteroatoms. The smallest absolute Gasteiger partial charge is 0.377 e. The van der Waals surface area contributed by atoms with E-state index in [1.807, 2.05) is 0 Å². The van der Waals surface area contributed by atoms with E-state index in [-0.39, 0.29) is 35.2 Å². The summed E-state index contributed by atoms with van der Waals surface area (Å²) >= 11 is 0.837. The van der Waals surface area contributed by atoms with Gasteiger partial charge in [0.1, 0.15) is 0 Å². The average molecular weight is 450 g/mol. The lowest BCUT2D eigenvalue weighted by Gasteiger charge is -2.11. The van der Waals surface area contributed by atoms with Crippen LogP contribution in [0.4, 0.5) is 26.3 Å². The Labute approximate surface area is 171 Å². The lowest BCUT2D eigenvalue weighted by molar-refractivity contribution is -0.144. The zero-order valence-electron chi connectivity index (χ0n) is 15.3. The van der Waals surface area contributed by atoms with Gasteiger partial charge in [-0.3, -0.25) is 0 Å². The Kier molecular flexibility index (Phi) is 6.48. The van der Waals surface area contributed by atoms with Crippen LogP contribution in [0.15, 0.2) is 35.8 Å². The first-order valence-electron chi connectivity index (χ1n) is 8.66. The second-order valence-electron chi connectivity index (χ2n) is 6.22. The molecule has 0 bridgehead atoms. The molecular weight excluding hydrogens is 434 g/mol. The molecule has 0 fully saturated rings. The van der Waals surface area contributed by atoms with Crippen LogP contribution in [0, 0.1) is 0 Å². The fourth-order valence-electron chi connectivity index (χ4n) is 2.65. The fourth-order valence-corrected chi connectivity index (χ4v) is 3.45. The quantitative estimate of drug-likeness (QED) is 0.411. The predicted molar refractivity (Wildman–Crippen MR) is 98.0 cm³/mol. The van der Waals surface area contributed by atoms with Gasteiger partial charge in [-0.05, 0) is 25.1 Å². The van der Waals surface area contributed by atoms with Gasteiger partial charge in [0.05, 0.1) is 24.1 Å². The van der Waals surface area contributed by atoms with E-state index in [0.29, 0.717) is 17.6 Å². The molecule has 0 spiro atoms. The van der Waals surface area contributed by atoms with Crippen LogP contribution in [0.5, 0.6) is 0 Å². The van der Waals surface area contributed by atoms with Gasteiger partial charge in [0, 0.05) is 23.1 Å². The van der Waals surface area contributed by atoms with Gasteiger partial charge in [-0.2, -0.15) is 31.4 Å². The molecule has 162 valence electrons. The minimum absolute atomic E-state index is 0.116. The molecule has 2 N–H and O–H groups in total. The number of thiazole rings is 1. The van der Waals surface area contributed by atoms with E-state index in [4.69, 9.17) is 10.5 Å².